The maximum atomic E-state index is 12.4. The molecule has 0 fully saturated rings. The molecule has 5 nitrogen and oxygen atoms in total. The predicted octanol–water partition coefficient (Wildman–Crippen LogP) is 3.73. The number of hydrogen-bond acceptors (Lipinski definition) is 4. The highest BCUT2D eigenvalue weighted by atomic mass is 16.5. The smallest absolute Gasteiger partial charge is 0.341 e. The van der Waals surface area contributed by atoms with E-state index >= 15 is 0 Å². The van der Waals surface area contributed by atoms with Crippen molar-refractivity contribution in [2.24, 2.45) is 0 Å². The average molecular weight is 335 g/mol. The van der Waals surface area contributed by atoms with Crippen LogP contribution in [-0.4, -0.2) is 36.6 Å². The second kappa shape index (κ2) is 7.21. The Kier molecular flexibility index (Phi) is 4.84. The molecular weight excluding hydrogens is 314 g/mol. The van der Waals surface area contributed by atoms with Crippen LogP contribution in [0.25, 0.3) is 22.7 Å². The van der Waals surface area contributed by atoms with Crippen molar-refractivity contribution >= 4 is 34.3 Å². The molecule has 0 spiro atoms. The third-order valence-corrected chi connectivity index (χ3v) is 3.86. The van der Waals surface area contributed by atoms with Crippen LogP contribution >= 0.6 is 0 Å². The summed E-state index contributed by atoms with van der Waals surface area (Å²) in [7, 11) is 3.98. The van der Waals surface area contributed by atoms with Crippen molar-refractivity contribution < 1.29 is 9.53 Å². The average Bonchev–Trinajstić information content (AvgIpc) is 3.04. The van der Waals surface area contributed by atoms with E-state index in [1.54, 1.807) is 13.0 Å². The molecule has 0 bridgehead atoms. The van der Waals surface area contributed by atoms with Gasteiger partial charge >= 0.3 is 5.97 Å². The normalized spacial score (nSPS) is 11.6. The van der Waals surface area contributed by atoms with Crippen LogP contribution in [0.15, 0.2) is 48.5 Å². The van der Waals surface area contributed by atoms with Gasteiger partial charge in [0.1, 0.15) is 11.4 Å². The highest BCUT2D eigenvalue weighted by Crippen LogP contribution is 2.22. The molecule has 0 amide bonds. The minimum Gasteiger partial charge on any atom is -0.462 e. The number of hydrogen-bond donors (Lipinski definition) is 1. The molecule has 1 heterocycles. The number of esters is 1. The standard InChI is InChI=1S/C20H21N3O2/c1-4-25-20(24)16(13-14-9-11-15(12-10-14)23(2)3)19-21-17-7-5-6-8-18(17)22-19/h5-13H,4H2,1-3H3,(H,21,22). The summed E-state index contributed by atoms with van der Waals surface area (Å²) in [6.45, 7) is 2.11. The first-order chi connectivity index (χ1) is 12.1. The molecule has 0 radical (unpaired) electrons. The zero-order valence-corrected chi connectivity index (χ0v) is 14.6. The van der Waals surface area contributed by atoms with Crippen LogP contribution in [-0.2, 0) is 9.53 Å². The number of aromatic amines is 1. The van der Waals surface area contributed by atoms with Crippen molar-refractivity contribution in [3.63, 3.8) is 0 Å². The lowest BCUT2D eigenvalue weighted by Crippen LogP contribution is -2.09. The van der Waals surface area contributed by atoms with E-state index in [0.29, 0.717) is 18.0 Å². The molecule has 2 aromatic carbocycles. The molecule has 0 saturated heterocycles. The van der Waals surface area contributed by atoms with Gasteiger partial charge in [-0.15, -0.1) is 0 Å². The number of anilines is 1. The Bertz CT molecular complexity index is 875. The highest BCUT2D eigenvalue weighted by molar-refractivity contribution is 6.20. The number of carbonyl (C=O) groups excluding carboxylic acids is 1. The van der Waals surface area contributed by atoms with Crippen LogP contribution in [0, 0.1) is 0 Å². The number of rotatable bonds is 5. The summed E-state index contributed by atoms with van der Waals surface area (Å²) in [6, 6.07) is 15.6. The number of aromatic nitrogens is 2. The van der Waals surface area contributed by atoms with Crippen molar-refractivity contribution in [2.45, 2.75) is 6.92 Å². The van der Waals surface area contributed by atoms with E-state index in [-0.39, 0.29) is 0 Å². The molecule has 0 saturated carbocycles. The van der Waals surface area contributed by atoms with E-state index in [1.165, 1.54) is 0 Å². The first kappa shape index (κ1) is 16.8. The number of carbonyl (C=O) groups is 1. The molecule has 3 aromatic rings. The van der Waals surface area contributed by atoms with E-state index in [4.69, 9.17) is 4.74 Å². The van der Waals surface area contributed by atoms with Gasteiger partial charge in [0, 0.05) is 19.8 Å². The molecule has 3 rings (SSSR count). The fourth-order valence-corrected chi connectivity index (χ4v) is 2.55. The first-order valence-corrected chi connectivity index (χ1v) is 8.20. The topological polar surface area (TPSA) is 58.2 Å². The van der Waals surface area contributed by atoms with Crippen molar-refractivity contribution in [3.8, 4) is 0 Å². The minimum atomic E-state index is -0.391. The lowest BCUT2D eigenvalue weighted by atomic mass is 10.1. The summed E-state index contributed by atoms with van der Waals surface area (Å²) < 4.78 is 5.21. The second-order valence-electron chi connectivity index (χ2n) is 5.87. The SMILES string of the molecule is CCOC(=O)C(=Cc1ccc(N(C)C)cc1)c1nc2ccccc2[nH]1. The lowest BCUT2D eigenvalue weighted by Gasteiger charge is -2.12. The van der Waals surface area contributed by atoms with E-state index < -0.39 is 5.97 Å². The number of nitrogens with one attached hydrogen (secondary N) is 1. The lowest BCUT2D eigenvalue weighted by molar-refractivity contribution is -0.136. The monoisotopic (exact) mass is 335 g/mol. The van der Waals surface area contributed by atoms with Gasteiger partial charge in [0.05, 0.1) is 17.6 Å². The Morgan fingerprint density at radius 2 is 1.88 bits per heavy atom. The number of fused-ring (bicyclic) bond motifs is 1. The predicted molar refractivity (Wildman–Crippen MR) is 101 cm³/mol. The summed E-state index contributed by atoms with van der Waals surface area (Å²) >= 11 is 0. The molecular formula is C20H21N3O2. The van der Waals surface area contributed by atoms with Gasteiger partial charge < -0.3 is 14.6 Å². The van der Waals surface area contributed by atoms with Gasteiger partial charge in [-0.25, -0.2) is 9.78 Å². The quantitative estimate of drug-likeness (QED) is 0.570. The molecule has 0 aliphatic heterocycles. The zero-order valence-electron chi connectivity index (χ0n) is 14.6. The molecule has 0 aliphatic rings. The Labute approximate surface area is 146 Å². The van der Waals surface area contributed by atoms with Gasteiger partial charge in [0.2, 0.25) is 0 Å². The van der Waals surface area contributed by atoms with Crippen LogP contribution in [0.1, 0.15) is 18.3 Å². The number of H-pyrrole nitrogens is 1. The second-order valence-corrected chi connectivity index (χ2v) is 5.87. The van der Waals surface area contributed by atoms with E-state index in [0.717, 1.165) is 22.3 Å². The van der Waals surface area contributed by atoms with Gasteiger partial charge in [0.15, 0.2) is 0 Å². The van der Waals surface area contributed by atoms with Crippen LogP contribution in [0.4, 0.5) is 5.69 Å². The molecule has 5 heteroatoms. The number of para-hydroxylation sites is 2. The molecule has 128 valence electrons. The highest BCUT2D eigenvalue weighted by Gasteiger charge is 2.17. The molecule has 1 aromatic heterocycles. The van der Waals surface area contributed by atoms with Crippen molar-refractivity contribution in [1.29, 1.82) is 0 Å². The largest absolute Gasteiger partial charge is 0.462 e. The zero-order chi connectivity index (χ0) is 17.8. The molecule has 0 atom stereocenters. The fourth-order valence-electron chi connectivity index (χ4n) is 2.55. The van der Waals surface area contributed by atoms with Crippen molar-refractivity contribution in [2.75, 3.05) is 25.6 Å². The van der Waals surface area contributed by atoms with Crippen LogP contribution < -0.4 is 4.90 Å². The van der Waals surface area contributed by atoms with Crippen molar-refractivity contribution in [3.05, 3.63) is 59.9 Å². The van der Waals surface area contributed by atoms with Crippen LogP contribution in [0.5, 0.6) is 0 Å². The summed E-state index contributed by atoms with van der Waals surface area (Å²) in [4.78, 5) is 22.2. The number of benzene rings is 2. The minimum absolute atomic E-state index is 0.315. The van der Waals surface area contributed by atoms with Gasteiger partial charge in [-0.05, 0) is 42.8 Å². The van der Waals surface area contributed by atoms with Gasteiger partial charge in [-0.3, -0.25) is 0 Å². The molecule has 1 N–H and O–H groups in total. The van der Waals surface area contributed by atoms with Crippen LogP contribution in [0.2, 0.25) is 0 Å². The summed E-state index contributed by atoms with van der Waals surface area (Å²) in [5.41, 5.74) is 4.12. The number of imidazole rings is 1. The van der Waals surface area contributed by atoms with E-state index in [1.807, 2.05) is 67.5 Å². The Morgan fingerprint density at radius 3 is 2.52 bits per heavy atom. The first-order valence-electron chi connectivity index (χ1n) is 8.20. The third-order valence-electron chi connectivity index (χ3n) is 3.86. The van der Waals surface area contributed by atoms with Crippen LogP contribution in [0.3, 0.4) is 0 Å². The van der Waals surface area contributed by atoms with Gasteiger partial charge in [-0.1, -0.05) is 24.3 Å². The summed E-state index contributed by atoms with van der Waals surface area (Å²) in [5.74, 6) is 0.120. The Morgan fingerprint density at radius 1 is 1.16 bits per heavy atom. The summed E-state index contributed by atoms with van der Waals surface area (Å²) in [5, 5.41) is 0. The molecule has 0 aliphatic carbocycles. The maximum absolute atomic E-state index is 12.4. The summed E-state index contributed by atoms with van der Waals surface area (Å²) in [6.07, 6.45) is 1.80. The third kappa shape index (κ3) is 3.71. The van der Waals surface area contributed by atoms with E-state index in [2.05, 4.69) is 9.97 Å². The van der Waals surface area contributed by atoms with Gasteiger partial charge in [-0.2, -0.15) is 0 Å². The van der Waals surface area contributed by atoms with Gasteiger partial charge in [0.25, 0.3) is 0 Å². The molecule has 0 unspecified atom stereocenters. The Balaban J connectivity index is 2.03. The fraction of sp³-hybridized carbons (Fsp3) is 0.200. The maximum Gasteiger partial charge on any atom is 0.341 e. The number of nitrogens with zero attached hydrogens (tertiary/aromatic N) is 2. The number of ether oxygens (including phenoxy) is 1. The van der Waals surface area contributed by atoms with Crippen molar-refractivity contribution in [1.82, 2.24) is 9.97 Å². The Hall–Kier alpha value is -3.08. The van der Waals surface area contributed by atoms with E-state index in [9.17, 15) is 4.79 Å². The molecule has 25 heavy (non-hydrogen) atoms.